The predicted molar refractivity (Wildman–Crippen MR) is 84.2 cm³/mol. The molecule has 0 aliphatic carbocycles. The van der Waals surface area contributed by atoms with Gasteiger partial charge in [0.2, 0.25) is 0 Å². The number of carbonyl (C=O) groups excluding carboxylic acids is 2. The number of allylic oxidation sites excluding steroid dienone is 1. The summed E-state index contributed by atoms with van der Waals surface area (Å²) >= 11 is 0. The van der Waals surface area contributed by atoms with E-state index in [1.807, 2.05) is 18.2 Å². The van der Waals surface area contributed by atoms with E-state index in [4.69, 9.17) is 9.47 Å². The fourth-order valence-electron chi connectivity index (χ4n) is 2.13. The maximum Gasteiger partial charge on any atom is 0.328 e. The Labute approximate surface area is 131 Å². The van der Waals surface area contributed by atoms with E-state index < -0.39 is 18.1 Å². The van der Waals surface area contributed by atoms with Crippen molar-refractivity contribution in [2.75, 3.05) is 14.2 Å². The van der Waals surface area contributed by atoms with Crippen molar-refractivity contribution in [1.82, 2.24) is 5.32 Å². The first kappa shape index (κ1) is 17.9. The highest BCUT2D eigenvalue weighted by atomic mass is 16.5. The second-order valence-electron chi connectivity index (χ2n) is 4.83. The second-order valence-corrected chi connectivity index (χ2v) is 4.83. The molecule has 1 aromatic rings. The van der Waals surface area contributed by atoms with Gasteiger partial charge in [0.25, 0.3) is 5.91 Å². The monoisotopic (exact) mass is 305 g/mol. The van der Waals surface area contributed by atoms with Gasteiger partial charge in [-0.25, -0.2) is 4.79 Å². The van der Waals surface area contributed by atoms with Crippen LogP contribution in [0.2, 0.25) is 0 Å². The van der Waals surface area contributed by atoms with Gasteiger partial charge in [0.05, 0.1) is 7.11 Å². The number of benzene rings is 1. The number of hydrogen-bond acceptors (Lipinski definition) is 4. The van der Waals surface area contributed by atoms with Gasteiger partial charge in [0.1, 0.15) is 6.04 Å². The molecule has 1 aromatic carbocycles. The Morgan fingerprint density at radius 3 is 2.50 bits per heavy atom. The molecule has 0 spiro atoms. The molecule has 0 saturated heterocycles. The quantitative estimate of drug-likeness (QED) is 0.432. The highest BCUT2D eigenvalue weighted by Crippen LogP contribution is 2.17. The van der Waals surface area contributed by atoms with Gasteiger partial charge in [-0.1, -0.05) is 36.4 Å². The second kappa shape index (κ2) is 9.73. The first-order valence-corrected chi connectivity index (χ1v) is 7.20. The molecule has 0 bridgehead atoms. The van der Waals surface area contributed by atoms with Crippen molar-refractivity contribution in [2.24, 2.45) is 0 Å². The molecule has 0 aliphatic rings. The molecule has 5 heteroatoms. The van der Waals surface area contributed by atoms with E-state index in [0.717, 1.165) is 18.4 Å². The van der Waals surface area contributed by atoms with Gasteiger partial charge in [0, 0.05) is 7.11 Å². The van der Waals surface area contributed by atoms with Crippen LogP contribution < -0.4 is 5.32 Å². The minimum absolute atomic E-state index is 0.359. The summed E-state index contributed by atoms with van der Waals surface area (Å²) in [4.78, 5) is 24.2. The number of hydrogen-bond donors (Lipinski definition) is 1. The van der Waals surface area contributed by atoms with Gasteiger partial charge < -0.3 is 14.8 Å². The van der Waals surface area contributed by atoms with Gasteiger partial charge in [-0.3, -0.25) is 4.79 Å². The van der Waals surface area contributed by atoms with Crippen molar-refractivity contribution in [3.63, 3.8) is 0 Å². The Morgan fingerprint density at radius 1 is 1.27 bits per heavy atom. The molecule has 0 aromatic heterocycles. The SMILES string of the molecule is C=CCCC[C@H](NC(=O)[C@H](OC)c1ccccc1)C(=O)OC. The van der Waals surface area contributed by atoms with E-state index in [1.54, 1.807) is 18.2 Å². The van der Waals surface area contributed by atoms with Crippen LogP contribution in [-0.2, 0) is 19.1 Å². The molecule has 0 radical (unpaired) electrons. The lowest BCUT2D eigenvalue weighted by atomic mass is 10.1. The smallest absolute Gasteiger partial charge is 0.328 e. The minimum Gasteiger partial charge on any atom is -0.467 e. The fourth-order valence-corrected chi connectivity index (χ4v) is 2.13. The molecule has 22 heavy (non-hydrogen) atoms. The van der Waals surface area contributed by atoms with Crippen LogP contribution in [0.4, 0.5) is 0 Å². The molecular formula is C17H23NO4. The Balaban J connectivity index is 2.75. The summed E-state index contributed by atoms with van der Waals surface area (Å²) in [7, 11) is 2.77. The molecule has 1 N–H and O–H groups in total. The minimum atomic E-state index is -0.757. The lowest BCUT2D eigenvalue weighted by Gasteiger charge is -2.20. The fraction of sp³-hybridized carbons (Fsp3) is 0.412. The molecule has 2 atom stereocenters. The van der Waals surface area contributed by atoms with Gasteiger partial charge >= 0.3 is 5.97 Å². The summed E-state index contributed by atoms with van der Waals surface area (Å²) in [5.74, 6) is -0.817. The van der Waals surface area contributed by atoms with Crippen molar-refractivity contribution in [3.05, 3.63) is 48.6 Å². The van der Waals surface area contributed by atoms with Crippen LogP contribution in [-0.4, -0.2) is 32.1 Å². The van der Waals surface area contributed by atoms with Crippen LogP contribution in [0.15, 0.2) is 43.0 Å². The molecule has 0 aliphatic heterocycles. The zero-order chi connectivity index (χ0) is 16.4. The molecule has 5 nitrogen and oxygen atoms in total. The molecule has 0 heterocycles. The zero-order valence-corrected chi connectivity index (χ0v) is 13.1. The van der Waals surface area contributed by atoms with Crippen LogP contribution in [0, 0.1) is 0 Å². The maximum atomic E-state index is 12.4. The third-order valence-corrected chi connectivity index (χ3v) is 3.28. The van der Waals surface area contributed by atoms with E-state index in [-0.39, 0.29) is 5.91 Å². The predicted octanol–water partition coefficient (Wildman–Crippen LogP) is 2.39. The van der Waals surface area contributed by atoms with Crippen molar-refractivity contribution >= 4 is 11.9 Å². The Hall–Kier alpha value is -2.14. The van der Waals surface area contributed by atoms with Crippen molar-refractivity contribution in [1.29, 1.82) is 0 Å². The van der Waals surface area contributed by atoms with Gasteiger partial charge in [-0.15, -0.1) is 6.58 Å². The van der Waals surface area contributed by atoms with E-state index in [2.05, 4.69) is 11.9 Å². The number of ether oxygens (including phenoxy) is 2. The summed E-state index contributed by atoms with van der Waals surface area (Å²) < 4.78 is 10.0. The zero-order valence-electron chi connectivity index (χ0n) is 13.1. The largest absolute Gasteiger partial charge is 0.467 e. The van der Waals surface area contributed by atoms with Gasteiger partial charge in [-0.2, -0.15) is 0 Å². The molecule has 0 fully saturated rings. The average Bonchev–Trinajstić information content (AvgIpc) is 2.55. The molecule has 1 rings (SSSR count). The normalized spacial score (nSPS) is 13.0. The third kappa shape index (κ3) is 5.33. The topological polar surface area (TPSA) is 64.6 Å². The Kier molecular flexibility index (Phi) is 7.92. The van der Waals surface area contributed by atoms with Crippen molar-refractivity contribution < 1.29 is 19.1 Å². The van der Waals surface area contributed by atoms with Crippen molar-refractivity contribution in [3.8, 4) is 0 Å². The number of nitrogens with one attached hydrogen (secondary N) is 1. The van der Waals surface area contributed by atoms with E-state index in [0.29, 0.717) is 6.42 Å². The Morgan fingerprint density at radius 2 is 1.95 bits per heavy atom. The van der Waals surface area contributed by atoms with E-state index in [1.165, 1.54) is 14.2 Å². The van der Waals surface area contributed by atoms with Crippen LogP contribution in [0.3, 0.4) is 0 Å². The number of unbranched alkanes of at least 4 members (excludes halogenated alkanes) is 1. The lowest BCUT2D eigenvalue weighted by molar-refractivity contribution is -0.147. The van der Waals surface area contributed by atoms with Crippen LogP contribution in [0.5, 0.6) is 0 Å². The number of methoxy groups -OCH3 is 2. The summed E-state index contributed by atoms with van der Waals surface area (Å²) in [6, 6.07) is 8.45. The molecular weight excluding hydrogens is 282 g/mol. The molecule has 120 valence electrons. The average molecular weight is 305 g/mol. The molecule has 0 saturated carbocycles. The first-order chi connectivity index (χ1) is 10.6. The summed E-state index contributed by atoms with van der Waals surface area (Å²) in [5.41, 5.74) is 0.734. The highest BCUT2D eigenvalue weighted by Gasteiger charge is 2.26. The van der Waals surface area contributed by atoms with Gasteiger partial charge in [0.15, 0.2) is 6.10 Å². The first-order valence-electron chi connectivity index (χ1n) is 7.20. The number of carbonyl (C=O) groups is 2. The highest BCUT2D eigenvalue weighted by molar-refractivity contribution is 5.87. The summed E-state index contributed by atoms with van der Waals surface area (Å²) in [6.45, 7) is 3.64. The third-order valence-electron chi connectivity index (χ3n) is 3.28. The lowest BCUT2D eigenvalue weighted by Crippen LogP contribution is -2.44. The standard InChI is InChI=1S/C17H23NO4/c1-4-5-7-12-14(17(20)22-3)18-16(19)15(21-2)13-10-8-6-9-11-13/h4,6,8-11,14-15H,1,5,7,12H2,2-3H3,(H,18,19)/t14-,15+/m0/s1. The summed E-state index contributed by atoms with van der Waals surface area (Å²) in [5, 5.41) is 2.70. The molecule has 1 amide bonds. The van der Waals surface area contributed by atoms with E-state index >= 15 is 0 Å². The van der Waals surface area contributed by atoms with Crippen LogP contribution in [0.25, 0.3) is 0 Å². The number of esters is 1. The van der Waals surface area contributed by atoms with Crippen molar-refractivity contribution in [2.45, 2.75) is 31.4 Å². The molecule has 0 unspecified atom stereocenters. The van der Waals surface area contributed by atoms with Crippen LogP contribution in [0.1, 0.15) is 30.9 Å². The number of amides is 1. The van der Waals surface area contributed by atoms with Crippen LogP contribution >= 0.6 is 0 Å². The summed E-state index contributed by atoms with van der Waals surface area (Å²) in [6.07, 6.45) is 3.03. The number of rotatable bonds is 9. The van der Waals surface area contributed by atoms with E-state index in [9.17, 15) is 9.59 Å². The maximum absolute atomic E-state index is 12.4. The Bertz CT molecular complexity index is 487. The van der Waals surface area contributed by atoms with Gasteiger partial charge in [-0.05, 0) is 24.8 Å².